The van der Waals surface area contributed by atoms with Crippen LogP contribution in [-0.4, -0.2) is 40.4 Å². The van der Waals surface area contributed by atoms with Crippen LogP contribution in [0, 0.1) is 13.8 Å². The lowest BCUT2D eigenvalue weighted by molar-refractivity contribution is -0.133. The zero-order valence-corrected chi connectivity index (χ0v) is 16.5. The number of amides is 2. The Balaban J connectivity index is 1.57. The predicted molar refractivity (Wildman–Crippen MR) is 107 cm³/mol. The van der Waals surface area contributed by atoms with E-state index in [4.69, 9.17) is 11.6 Å². The van der Waals surface area contributed by atoms with Crippen LogP contribution in [0.25, 0.3) is 10.9 Å². The normalized spacial score (nSPS) is 17.1. The van der Waals surface area contributed by atoms with Gasteiger partial charge in [0.2, 0.25) is 11.8 Å². The Morgan fingerprint density at radius 1 is 1.30 bits per heavy atom. The number of hydrogen-bond acceptors (Lipinski definition) is 2. The van der Waals surface area contributed by atoms with Crippen LogP contribution >= 0.6 is 11.6 Å². The number of aryl methyl sites for hydroxylation is 2. The second-order valence-corrected chi connectivity index (χ2v) is 8.14. The molecule has 1 aliphatic heterocycles. The predicted octanol–water partition coefficient (Wildman–Crippen LogP) is 3.30. The van der Waals surface area contributed by atoms with Crippen molar-refractivity contribution in [1.82, 2.24) is 14.8 Å². The van der Waals surface area contributed by atoms with Gasteiger partial charge in [0, 0.05) is 29.2 Å². The quantitative estimate of drug-likeness (QED) is 0.803. The van der Waals surface area contributed by atoms with E-state index < -0.39 is 0 Å². The lowest BCUT2D eigenvalue weighted by Gasteiger charge is -2.39. The van der Waals surface area contributed by atoms with Crippen molar-refractivity contribution in [2.75, 3.05) is 13.1 Å². The highest BCUT2D eigenvalue weighted by atomic mass is 35.5. The molecule has 6 heteroatoms. The Kier molecular flexibility index (Phi) is 4.50. The summed E-state index contributed by atoms with van der Waals surface area (Å²) in [4.78, 5) is 25.9. The van der Waals surface area contributed by atoms with Crippen molar-refractivity contribution in [3.63, 3.8) is 0 Å². The van der Waals surface area contributed by atoms with E-state index in [1.165, 1.54) is 30.2 Å². The Labute approximate surface area is 164 Å². The number of hydrogen-bond donors (Lipinski definition) is 1. The van der Waals surface area contributed by atoms with E-state index in [0.717, 1.165) is 21.5 Å². The summed E-state index contributed by atoms with van der Waals surface area (Å²) in [5.41, 5.74) is 4.69. The van der Waals surface area contributed by atoms with Crippen molar-refractivity contribution >= 4 is 34.3 Å². The van der Waals surface area contributed by atoms with Crippen molar-refractivity contribution in [2.24, 2.45) is 0 Å². The van der Waals surface area contributed by atoms with E-state index in [9.17, 15) is 9.59 Å². The fourth-order valence-corrected chi connectivity index (χ4v) is 4.46. The fraction of sp³-hybridized carbons (Fsp3) is 0.429. The van der Waals surface area contributed by atoms with E-state index in [2.05, 4.69) is 23.4 Å². The molecule has 0 unspecified atom stereocenters. The number of nitrogens with zero attached hydrogens (tertiary/aromatic N) is 2. The maximum Gasteiger partial charge on any atom is 0.246 e. The molecule has 2 fully saturated rings. The van der Waals surface area contributed by atoms with Crippen molar-refractivity contribution in [3.8, 4) is 0 Å². The lowest BCUT2D eigenvalue weighted by atomic mass is 10.1. The third kappa shape index (κ3) is 3.25. The first-order chi connectivity index (χ1) is 12.9. The van der Waals surface area contributed by atoms with Gasteiger partial charge in [-0.15, -0.1) is 0 Å². The molecule has 4 rings (SSSR count). The van der Waals surface area contributed by atoms with Crippen molar-refractivity contribution in [3.05, 3.63) is 46.6 Å². The fourth-order valence-electron chi connectivity index (χ4n) is 4.18. The van der Waals surface area contributed by atoms with E-state index in [-0.39, 0.29) is 17.9 Å². The summed E-state index contributed by atoms with van der Waals surface area (Å²) in [6, 6.07) is 3.98. The highest BCUT2D eigenvalue weighted by Crippen LogP contribution is 2.45. The largest absolute Gasteiger partial charge is 0.348 e. The Hall–Kier alpha value is -2.27. The summed E-state index contributed by atoms with van der Waals surface area (Å²) in [7, 11) is 0. The molecule has 2 aliphatic rings. The molecule has 2 aromatic rings. The zero-order chi connectivity index (χ0) is 19.3. The summed E-state index contributed by atoms with van der Waals surface area (Å²) in [5, 5.41) is 4.92. The van der Waals surface area contributed by atoms with E-state index in [0.29, 0.717) is 25.6 Å². The van der Waals surface area contributed by atoms with Crippen molar-refractivity contribution in [1.29, 1.82) is 0 Å². The van der Waals surface area contributed by atoms with Gasteiger partial charge in [-0.25, -0.2) is 0 Å². The SMILES string of the molecule is C=CC(=O)N1CC(NC(=O)Cn2c(C3CC3)c(C)c3cc(Cl)cc(C)c32)C1. The standard InChI is InChI=1S/C21H24ClN3O2/c1-4-19(27)24-9-16(10-24)23-18(26)11-25-20-12(2)7-15(22)8-17(20)13(3)21(25)14-5-6-14/h4,7-8,14,16H,1,5-6,9-11H2,2-3H3,(H,23,26). The molecule has 0 radical (unpaired) electrons. The monoisotopic (exact) mass is 385 g/mol. The molecular weight excluding hydrogens is 362 g/mol. The zero-order valence-electron chi connectivity index (χ0n) is 15.7. The van der Waals surface area contributed by atoms with E-state index in [1.807, 2.05) is 19.1 Å². The van der Waals surface area contributed by atoms with Crippen LogP contribution in [-0.2, 0) is 16.1 Å². The lowest BCUT2D eigenvalue weighted by Crippen LogP contribution is -2.61. The van der Waals surface area contributed by atoms with Crippen molar-refractivity contribution in [2.45, 2.75) is 45.2 Å². The Morgan fingerprint density at radius 2 is 2.00 bits per heavy atom. The number of carbonyl (C=O) groups excluding carboxylic acids is 2. The Morgan fingerprint density at radius 3 is 2.63 bits per heavy atom. The van der Waals surface area contributed by atoms with Gasteiger partial charge in [-0.2, -0.15) is 0 Å². The Bertz CT molecular complexity index is 952. The smallest absolute Gasteiger partial charge is 0.246 e. The number of fused-ring (bicyclic) bond motifs is 1. The van der Waals surface area contributed by atoms with Crippen LogP contribution in [0.4, 0.5) is 0 Å². The molecule has 0 bridgehead atoms. The number of nitrogens with one attached hydrogen (secondary N) is 1. The van der Waals surface area contributed by atoms with Gasteiger partial charge >= 0.3 is 0 Å². The second-order valence-electron chi connectivity index (χ2n) is 7.70. The van der Waals surface area contributed by atoms with Crippen LogP contribution in [0.1, 0.15) is 35.6 Å². The maximum atomic E-state index is 12.7. The second kappa shape index (κ2) is 6.71. The van der Waals surface area contributed by atoms with Gasteiger partial charge in [0.25, 0.3) is 0 Å². The number of carbonyl (C=O) groups is 2. The van der Waals surface area contributed by atoms with Crippen LogP contribution < -0.4 is 5.32 Å². The van der Waals surface area contributed by atoms with Gasteiger partial charge in [0.1, 0.15) is 6.54 Å². The molecule has 1 aromatic heterocycles. The van der Waals surface area contributed by atoms with Gasteiger partial charge in [-0.05, 0) is 61.9 Å². The molecule has 1 saturated heterocycles. The average Bonchev–Trinajstić information content (AvgIpc) is 3.37. The third-order valence-electron chi connectivity index (χ3n) is 5.61. The van der Waals surface area contributed by atoms with Gasteiger partial charge in [0.15, 0.2) is 0 Å². The van der Waals surface area contributed by atoms with Gasteiger partial charge in [-0.1, -0.05) is 18.2 Å². The number of rotatable bonds is 5. The van der Waals surface area contributed by atoms with Crippen LogP contribution in [0.3, 0.4) is 0 Å². The highest BCUT2D eigenvalue weighted by Gasteiger charge is 2.33. The minimum Gasteiger partial charge on any atom is -0.348 e. The maximum absolute atomic E-state index is 12.7. The minimum absolute atomic E-state index is 0.0150. The average molecular weight is 386 g/mol. The molecule has 0 spiro atoms. The molecule has 1 N–H and O–H groups in total. The van der Waals surface area contributed by atoms with E-state index in [1.54, 1.807) is 4.90 Å². The van der Waals surface area contributed by atoms with Gasteiger partial charge < -0.3 is 14.8 Å². The van der Waals surface area contributed by atoms with Crippen LogP contribution in [0.2, 0.25) is 5.02 Å². The number of benzene rings is 1. The summed E-state index contributed by atoms with van der Waals surface area (Å²) in [5.74, 6) is 0.433. The summed E-state index contributed by atoms with van der Waals surface area (Å²) in [6.07, 6.45) is 3.65. The molecule has 2 heterocycles. The first kappa shape index (κ1) is 18.1. The van der Waals surface area contributed by atoms with Crippen LogP contribution in [0.5, 0.6) is 0 Å². The summed E-state index contributed by atoms with van der Waals surface area (Å²) < 4.78 is 2.18. The summed E-state index contributed by atoms with van der Waals surface area (Å²) >= 11 is 6.28. The minimum atomic E-state index is -0.0870. The van der Waals surface area contributed by atoms with Crippen molar-refractivity contribution < 1.29 is 9.59 Å². The molecular formula is C21H24ClN3O2. The summed E-state index contributed by atoms with van der Waals surface area (Å²) in [6.45, 7) is 9.06. The van der Waals surface area contributed by atoms with E-state index >= 15 is 0 Å². The molecule has 1 aromatic carbocycles. The molecule has 0 atom stereocenters. The number of aromatic nitrogens is 1. The third-order valence-corrected chi connectivity index (χ3v) is 5.83. The molecule has 2 amide bonds. The van der Waals surface area contributed by atoms with Crippen LogP contribution in [0.15, 0.2) is 24.8 Å². The number of likely N-dealkylation sites (tertiary alicyclic amines) is 1. The first-order valence-electron chi connectivity index (χ1n) is 9.38. The first-order valence-corrected chi connectivity index (χ1v) is 9.76. The molecule has 142 valence electrons. The topological polar surface area (TPSA) is 54.3 Å². The number of halogens is 1. The highest BCUT2D eigenvalue weighted by molar-refractivity contribution is 6.31. The van der Waals surface area contributed by atoms with Gasteiger partial charge in [0.05, 0.1) is 11.6 Å². The molecule has 5 nitrogen and oxygen atoms in total. The molecule has 1 aliphatic carbocycles. The molecule has 1 saturated carbocycles. The van der Waals surface area contributed by atoms with Gasteiger partial charge in [-0.3, -0.25) is 9.59 Å². The molecule has 27 heavy (non-hydrogen) atoms.